The van der Waals surface area contributed by atoms with Gasteiger partial charge in [-0.05, 0) is 49.2 Å². The van der Waals surface area contributed by atoms with Crippen molar-refractivity contribution in [1.82, 2.24) is 19.9 Å². The van der Waals surface area contributed by atoms with Gasteiger partial charge >= 0.3 is 0 Å². The minimum atomic E-state index is 0.0379. The number of methoxy groups -OCH3 is 1. The summed E-state index contributed by atoms with van der Waals surface area (Å²) in [6.07, 6.45) is 2.01. The second-order valence-electron chi connectivity index (χ2n) is 7.37. The topological polar surface area (TPSA) is 74.0 Å². The molecule has 2 aromatic carbocycles. The molecule has 3 heterocycles. The highest BCUT2D eigenvalue weighted by molar-refractivity contribution is 5.98. The fourth-order valence-electron chi connectivity index (χ4n) is 4.07. The predicted molar refractivity (Wildman–Crippen MR) is 109 cm³/mol. The number of nitrogens with one attached hydrogen (secondary N) is 2. The number of benzene rings is 2. The molecular weight excluding hydrogens is 352 g/mol. The zero-order valence-corrected chi connectivity index (χ0v) is 15.7. The van der Waals surface area contributed by atoms with E-state index in [0.29, 0.717) is 12.2 Å². The highest BCUT2D eigenvalue weighted by Gasteiger charge is 2.28. The molecule has 2 aromatic heterocycles. The summed E-state index contributed by atoms with van der Waals surface area (Å²) in [5, 5.41) is 0.980. The molecule has 0 radical (unpaired) electrons. The van der Waals surface area contributed by atoms with Crippen LogP contribution in [0.5, 0.6) is 5.75 Å². The van der Waals surface area contributed by atoms with Gasteiger partial charge in [0.25, 0.3) is 5.91 Å². The lowest BCUT2D eigenvalue weighted by atomic mass is 9.97. The van der Waals surface area contributed by atoms with Crippen molar-refractivity contribution in [3.63, 3.8) is 0 Å². The van der Waals surface area contributed by atoms with Gasteiger partial charge in [-0.1, -0.05) is 12.1 Å². The summed E-state index contributed by atoms with van der Waals surface area (Å²) in [6.45, 7) is 1.45. The monoisotopic (exact) mass is 374 g/mol. The van der Waals surface area contributed by atoms with Gasteiger partial charge in [0.2, 0.25) is 0 Å². The maximum atomic E-state index is 13.1. The Morgan fingerprint density at radius 1 is 1.14 bits per heavy atom. The van der Waals surface area contributed by atoms with Gasteiger partial charge in [0, 0.05) is 29.9 Å². The number of fused-ring (bicyclic) bond motifs is 2. The van der Waals surface area contributed by atoms with Gasteiger partial charge in [-0.3, -0.25) is 4.79 Å². The number of carbonyl (C=O) groups is 1. The van der Waals surface area contributed by atoms with Crippen LogP contribution in [0.25, 0.3) is 21.9 Å². The molecule has 28 heavy (non-hydrogen) atoms. The van der Waals surface area contributed by atoms with Gasteiger partial charge in [0.05, 0.1) is 18.1 Å². The lowest BCUT2D eigenvalue weighted by molar-refractivity contribution is 0.0700. The van der Waals surface area contributed by atoms with Gasteiger partial charge < -0.3 is 19.6 Å². The number of nitrogens with zero attached hydrogens (tertiary/aromatic N) is 2. The Labute approximate surface area is 162 Å². The van der Waals surface area contributed by atoms with Crippen LogP contribution in [0.3, 0.4) is 0 Å². The number of aromatic amines is 2. The predicted octanol–water partition coefficient (Wildman–Crippen LogP) is 4.07. The van der Waals surface area contributed by atoms with Crippen LogP contribution in [0.2, 0.25) is 0 Å². The van der Waals surface area contributed by atoms with Crippen LogP contribution >= 0.6 is 0 Å². The first-order valence-electron chi connectivity index (χ1n) is 9.62. The number of ether oxygens (including phenoxy) is 1. The molecular formula is C22H22N4O2. The van der Waals surface area contributed by atoms with E-state index in [2.05, 4.69) is 9.97 Å². The Hall–Kier alpha value is -3.28. The van der Waals surface area contributed by atoms with Crippen LogP contribution in [0.1, 0.15) is 35.1 Å². The number of carbonyl (C=O) groups excluding carboxylic acids is 1. The summed E-state index contributed by atoms with van der Waals surface area (Å²) < 4.78 is 5.28. The van der Waals surface area contributed by atoms with Crippen molar-refractivity contribution in [3.05, 3.63) is 60.0 Å². The van der Waals surface area contributed by atoms with Crippen molar-refractivity contribution in [3.8, 4) is 5.75 Å². The average molecular weight is 374 g/mol. The fourth-order valence-corrected chi connectivity index (χ4v) is 4.07. The molecule has 4 aromatic rings. The van der Waals surface area contributed by atoms with Crippen LogP contribution in [-0.4, -0.2) is 46.0 Å². The minimum Gasteiger partial charge on any atom is -0.497 e. The molecule has 6 nitrogen and oxygen atoms in total. The van der Waals surface area contributed by atoms with Gasteiger partial charge in [-0.25, -0.2) is 4.98 Å². The molecule has 0 bridgehead atoms. The highest BCUT2D eigenvalue weighted by atomic mass is 16.5. The molecule has 1 atom stereocenters. The van der Waals surface area contributed by atoms with Crippen molar-refractivity contribution >= 4 is 27.8 Å². The molecule has 0 aliphatic carbocycles. The van der Waals surface area contributed by atoms with E-state index < -0.39 is 0 Å². The van der Waals surface area contributed by atoms with Crippen molar-refractivity contribution in [1.29, 1.82) is 0 Å². The maximum absolute atomic E-state index is 13.1. The first kappa shape index (κ1) is 16.9. The SMILES string of the molecule is COc1ccc2[nH]c(C(=O)N3CCC[C@@H](c4nc5ccccc5[nH]4)C3)cc2c1. The van der Waals surface area contributed by atoms with Crippen LogP contribution < -0.4 is 4.74 Å². The number of likely N-dealkylation sites (tertiary alicyclic amines) is 1. The van der Waals surface area contributed by atoms with Gasteiger partial charge in [0.15, 0.2) is 0 Å². The number of imidazole rings is 1. The summed E-state index contributed by atoms with van der Waals surface area (Å²) in [7, 11) is 1.64. The van der Waals surface area contributed by atoms with E-state index in [1.165, 1.54) is 0 Å². The van der Waals surface area contributed by atoms with Gasteiger partial charge in [-0.15, -0.1) is 0 Å². The summed E-state index contributed by atoms with van der Waals surface area (Å²) in [6, 6.07) is 15.7. The maximum Gasteiger partial charge on any atom is 0.270 e. The molecule has 1 aliphatic heterocycles. The Kier molecular flexibility index (Phi) is 4.04. The quantitative estimate of drug-likeness (QED) is 0.568. The van der Waals surface area contributed by atoms with Crippen molar-refractivity contribution in [2.75, 3.05) is 20.2 Å². The molecule has 5 rings (SSSR count). The third-order valence-corrected chi connectivity index (χ3v) is 5.56. The Bertz CT molecular complexity index is 1130. The van der Waals surface area contributed by atoms with Crippen LogP contribution in [0.4, 0.5) is 0 Å². The van der Waals surface area contributed by atoms with E-state index in [9.17, 15) is 4.79 Å². The van der Waals surface area contributed by atoms with Gasteiger partial charge in [0.1, 0.15) is 17.3 Å². The lowest BCUT2D eigenvalue weighted by Crippen LogP contribution is -2.39. The molecule has 1 saturated heterocycles. The summed E-state index contributed by atoms with van der Waals surface area (Å²) in [5.74, 6) is 2.03. The number of piperidine rings is 1. The molecule has 1 fully saturated rings. The third-order valence-electron chi connectivity index (χ3n) is 5.56. The first-order valence-corrected chi connectivity index (χ1v) is 9.62. The second kappa shape index (κ2) is 6.71. The van der Waals surface area contributed by atoms with Crippen LogP contribution in [-0.2, 0) is 0 Å². The minimum absolute atomic E-state index is 0.0379. The summed E-state index contributed by atoms with van der Waals surface area (Å²) >= 11 is 0. The molecule has 2 N–H and O–H groups in total. The number of H-pyrrole nitrogens is 2. The number of rotatable bonds is 3. The van der Waals surface area contributed by atoms with E-state index in [-0.39, 0.29) is 11.8 Å². The van der Waals surface area contributed by atoms with E-state index in [1.807, 2.05) is 53.4 Å². The van der Waals surface area contributed by atoms with Gasteiger partial charge in [-0.2, -0.15) is 0 Å². The lowest BCUT2D eigenvalue weighted by Gasteiger charge is -2.31. The standard InChI is InChI=1S/C22H22N4O2/c1-28-16-8-9-17-15(11-16)12-20(23-17)22(27)26-10-4-5-14(13-26)21-24-18-6-2-3-7-19(18)25-21/h2-3,6-9,11-12,14,23H,4-5,10,13H2,1H3,(H,24,25)/t14-/m1/s1. The van der Waals surface area contributed by atoms with Crippen LogP contribution in [0, 0.1) is 0 Å². The van der Waals surface area contributed by atoms with Crippen molar-refractivity contribution in [2.24, 2.45) is 0 Å². The zero-order valence-electron chi connectivity index (χ0n) is 15.7. The van der Waals surface area contributed by atoms with Crippen molar-refractivity contribution < 1.29 is 9.53 Å². The molecule has 0 unspecified atom stereocenters. The molecule has 0 saturated carbocycles. The molecule has 1 amide bonds. The number of amides is 1. The second-order valence-corrected chi connectivity index (χ2v) is 7.37. The third kappa shape index (κ3) is 2.91. The highest BCUT2D eigenvalue weighted by Crippen LogP contribution is 2.28. The smallest absolute Gasteiger partial charge is 0.270 e. The summed E-state index contributed by atoms with van der Waals surface area (Å²) in [4.78, 5) is 26.5. The van der Waals surface area contributed by atoms with Crippen molar-refractivity contribution in [2.45, 2.75) is 18.8 Å². The largest absolute Gasteiger partial charge is 0.497 e. The first-order chi connectivity index (χ1) is 13.7. The molecule has 142 valence electrons. The van der Waals surface area contributed by atoms with E-state index in [0.717, 1.165) is 52.9 Å². The number of hydrogen-bond acceptors (Lipinski definition) is 3. The van der Waals surface area contributed by atoms with E-state index >= 15 is 0 Å². The number of aromatic nitrogens is 3. The molecule has 6 heteroatoms. The number of hydrogen-bond donors (Lipinski definition) is 2. The Balaban J connectivity index is 1.39. The number of para-hydroxylation sites is 2. The fraction of sp³-hybridized carbons (Fsp3) is 0.273. The normalized spacial score (nSPS) is 17.3. The Morgan fingerprint density at radius 3 is 2.89 bits per heavy atom. The molecule has 0 spiro atoms. The van der Waals surface area contributed by atoms with E-state index in [1.54, 1.807) is 7.11 Å². The molecule has 1 aliphatic rings. The van der Waals surface area contributed by atoms with Crippen LogP contribution in [0.15, 0.2) is 48.5 Å². The summed E-state index contributed by atoms with van der Waals surface area (Å²) in [5.41, 5.74) is 3.58. The average Bonchev–Trinajstić information content (AvgIpc) is 3.36. The van der Waals surface area contributed by atoms with E-state index in [4.69, 9.17) is 9.72 Å². The Morgan fingerprint density at radius 2 is 2.04 bits per heavy atom. The zero-order chi connectivity index (χ0) is 19.1.